The van der Waals surface area contributed by atoms with E-state index in [0.29, 0.717) is 13.0 Å². The lowest BCUT2D eigenvalue weighted by Crippen LogP contribution is -2.47. The van der Waals surface area contributed by atoms with Crippen molar-refractivity contribution in [3.63, 3.8) is 0 Å². The number of piperidine rings is 1. The number of hydrogen-bond acceptors (Lipinski definition) is 2. The molecule has 0 spiro atoms. The first-order chi connectivity index (χ1) is 10.7. The molecule has 1 heterocycles. The molecule has 1 aliphatic rings. The van der Waals surface area contributed by atoms with Crippen LogP contribution in [0.15, 0.2) is 18.2 Å². The van der Waals surface area contributed by atoms with Crippen LogP contribution in [0.5, 0.6) is 0 Å². The zero-order valence-electron chi connectivity index (χ0n) is 12.9. The highest BCUT2D eigenvalue weighted by Crippen LogP contribution is 2.36. The number of rotatable bonds is 5. The standard InChI is InChI=1S/C16H21ClF4N2/c1-11(16(19,20)21)23-8-6-15(5-2-7-22-10-15)12-3-4-13(17)14(18)9-12/h3-4,9,11,22-23H,2,5-8,10H2,1H3/t11-,15-/m0/s1. The highest BCUT2D eigenvalue weighted by molar-refractivity contribution is 6.30. The first-order valence-corrected chi connectivity index (χ1v) is 8.09. The molecule has 2 rings (SSSR count). The molecule has 7 heteroatoms. The molecule has 0 amide bonds. The van der Waals surface area contributed by atoms with Crippen molar-refractivity contribution in [3.8, 4) is 0 Å². The lowest BCUT2D eigenvalue weighted by atomic mass is 9.72. The van der Waals surface area contributed by atoms with E-state index in [1.165, 1.54) is 12.1 Å². The molecule has 0 unspecified atom stereocenters. The van der Waals surface area contributed by atoms with Gasteiger partial charge in [0.05, 0.1) is 5.02 Å². The zero-order valence-corrected chi connectivity index (χ0v) is 13.7. The number of nitrogens with one attached hydrogen (secondary N) is 2. The van der Waals surface area contributed by atoms with Crippen LogP contribution in [0.1, 0.15) is 31.7 Å². The monoisotopic (exact) mass is 352 g/mol. The van der Waals surface area contributed by atoms with Crippen LogP contribution in [-0.4, -0.2) is 31.9 Å². The van der Waals surface area contributed by atoms with Crippen molar-refractivity contribution in [2.45, 2.75) is 43.8 Å². The van der Waals surface area contributed by atoms with E-state index in [2.05, 4.69) is 10.6 Å². The lowest BCUT2D eigenvalue weighted by molar-refractivity contribution is -0.151. The summed E-state index contributed by atoms with van der Waals surface area (Å²) in [6.07, 6.45) is -2.05. The van der Waals surface area contributed by atoms with Crippen LogP contribution < -0.4 is 10.6 Å². The van der Waals surface area contributed by atoms with E-state index in [1.54, 1.807) is 6.07 Å². The van der Waals surface area contributed by atoms with Gasteiger partial charge in [-0.1, -0.05) is 17.7 Å². The Bertz CT molecular complexity index is 527. The minimum atomic E-state index is -4.26. The van der Waals surface area contributed by atoms with Crippen LogP contribution in [0.3, 0.4) is 0 Å². The van der Waals surface area contributed by atoms with Gasteiger partial charge in [-0.2, -0.15) is 13.2 Å². The second-order valence-corrected chi connectivity index (χ2v) is 6.56. The Morgan fingerprint density at radius 2 is 2.13 bits per heavy atom. The molecule has 1 fully saturated rings. The van der Waals surface area contributed by atoms with Gasteiger partial charge in [-0.15, -0.1) is 0 Å². The highest BCUT2D eigenvalue weighted by atomic mass is 35.5. The van der Waals surface area contributed by atoms with Crippen molar-refractivity contribution in [2.24, 2.45) is 0 Å². The third-order valence-electron chi connectivity index (χ3n) is 4.55. The van der Waals surface area contributed by atoms with Gasteiger partial charge in [0.2, 0.25) is 0 Å². The maximum absolute atomic E-state index is 13.8. The largest absolute Gasteiger partial charge is 0.403 e. The lowest BCUT2D eigenvalue weighted by Gasteiger charge is -2.39. The second-order valence-electron chi connectivity index (χ2n) is 6.16. The van der Waals surface area contributed by atoms with Gasteiger partial charge in [0.15, 0.2) is 0 Å². The Labute approximate surface area is 138 Å². The van der Waals surface area contributed by atoms with Crippen LogP contribution in [0.4, 0.5) is 17.6 Å². The average Bonchev–Trinajstić information content (AvgIpc) is 2.50. The Kier molecular flexibility index (Phi) is 5.92. The summed E-state index contributed by atoms with van der Waals surface area (Å²) in [6.45, 7) is 2.81. The number of alkyl halides is 3. The van der Waals surface area contributed by atoms with Crippen LogP contribution in [-0.2, 0) is 5.41 Å². The predicted octanol–water partition coefficient (Wildman–Crippen LogP) is 4.03. The fourth-order valence-corrected chi connectivity index (χ4v) is 3.16. The van der Waals surface area contributed by atoms with E-state index in [0.717, 1.165) is 31.9 Å². The Morgan fingerprint density at radius 3 is 2.70 bits per heavy atom. The van der Waals surface area contributed by atoms with Gasteiger partial charge in [0, 0.05) is 12.0 Å². The molecular weight excluding hydrogens is 332 g/mol. The third-order valence-corrected chi connectivity index (χ3v) is 4.86. The molecule has 0 radical (unpaired) electrons. The molecule has 23 heavy (non-hydrogen) atoms. The second kappa shape index (κ2) is 7.36. The Morgan fingerprint density at radius 1 is 1.39 bits per heavy atom. The van der Waals surface area contributed by atoms with Crippen molar-refractivity contribution in [1.82, 2.24) is 10.6 Å². The van der Waals surface area contributed by atoms with Crippen LogP contribution in [0.2, 0.25) is 5.02 Å². The molecule has 1 aromatic carbocycles. The summed E-state index contributed by atoms with van der Waals surface area (Å²) in [6, 6.07) is 3.13. The first kappa shape index (κ1) is 18.5. The summed E-state index contributed by atoms with van der Waals surface area (Å²) >= 11 is 5.73. The molecule has 2 atom stereocenters. The first-order valence-electron chi connectivity index (χ1n) is 7.71. The quantitative estimate of drug-likeness (QED) is 0.782. The molecule has 2 N–H and O–H groups in total. The minimum absolute atomic E-state index is 0.0523. The predicted molar refractivity (Wildman–Crippen MR) is 83.3 cm³/mol. The van der Waals surface area contributed by atoms with E-state index < -0.39 is 18.0 Å². The maximum atomic E-state index is 13.8. The van der Waals surface area contributed by atoms with Gasteiger partial charge in [0.1, 0.15) is 11.9 Å². The average molecular weight is 353 g/mol. The van der Waals surface area contributed by atoms with Crippen molar-refractivity contribution in [1.29, 1.82) is 0 Å². The molecule has 0 saturated carbocycles. The van der Waals surface area contributed by atoms with Crippen LogP contribution in [0.25, 0.3) is 0 Å². The normalized spacial score (nSPS) is 23.7. The number of benzene rings is 1. The molecule has 0 aliphatic carbocycles. The maximum Gasteiger partial charge on any atom is 0.403 e. The Hall–Kier alpha value is -0.850. The van der Waals surface area contributed by atoms with E-state index in [1.807, 2.05) is 0 Å². The van der Waals surface area contributed by atoms with Crippen molar-refractivity contribution < 1.29 is 17.6 Å². The summed E-state index contributed by atoms with van der Waals surface area (Å²) in [5.41, 5.74) is 0.412. The van der Waals surface area contributed by atoms with Gasteiger partial charge in [-0.05, 0) is 57.0 Å². The number of halogens is 5. The fraction of sp³-hybridized carbons (Fsp3) is 0.625. The number of hydrogen-bond donors (Lipinski definition) is 2. The molecular formula is C16H21ClF4N2. The molecule has 0 bridgehead atoms. The van der Waals surface area contributed by atoms with E-state index in [4.69, 9.17) is 11.6 Å². The van der Waals surface area contributed by atoms with Crippen molar-refractivity contribution in [3.05, 3.63) is 34.6 Å². The van der Waals surface area contributed by atoms with Gasteiger partial charge in [-0.3, -0.25) is 0 Å². The van der Waals surface area contributed by atoms with Gasteiger partial charge in [0.25, 0.3) is 0 Å². The summed E-state index contributed by atoms with van der Waals surface area (Å²) < 4.78 is 51.6. The van der Waals surface area contributed by atoms with Gasteiger partial charge >= 0.3 is 6.18 Å². The minimum Gasteiger partial charge on any atom is -0.316 e. The Balaban J connectivity index is 2.11. The zero-order chi connectivity index (χ0) is 17.1. The molecule has 1 aliphatic heterocycles. The summed E-state index contributed by atoms with van der Waals surface area (Å²) in [5, 5.41) is 5.84. The SMILES string of the molecule is C[C@H](NCC[C@@]1(c2ccc(Cl)c(F)c2)CCCNC1)C(F)(F)F. The van der Waals surface area contributed by atoms with Crippen LogP contribution in [0, 0.1) is 5.82 Å². The highest BCUT2D eigenvalue weighted by Gasteiger charge is 2.37. The third kappa shape index (κ3) is 4.58. The van der Waals surface area contributed by atoms with Crippen LogP contribution >= 0.6 is 11.6 Å². The smallest absolute Gasteiger partial charge is 0.316 e. The molecule has 130 valence electrons. The molecule has 2 nitrogen and oxygen atoms in total. The van der Waals surface area contributed by atoms with E-state index in [9.17, 15) is 17.6 Å². The summed E-state index contributed by atoms with van der Waals surface area (Å²) in [5.74, 6) is -0.495. The molecule has 1 aromatic rings. The summed E-state index contributed by atoms with van der Waals surface area (Å²) in [7, 11) is 0. The molecule has 0 aromatic heterocycles. The van der Waals surface area contributed by atoms with Crippen molar-refractivity contribution >= 4 is 11.6 Å². The van der Waals surface area contributed by atoms with Gasteiger partial charge < -0.3 is 10.6 Å². The molecule has 1 saturated heterocycles. The summed E-state index contributed by atoms with van der Waals surface area (Å²) in [4.78, 5) is 0. The topological polar surface area (TPSA) is 24.1 Å². The fourth-order valence-electron chi connectivity index (χ4n) is 3.04. The van der Waals surface area contributed by atoms with Crippen molar-refractivity contribution in [2.75, 3.05) is 19.6 Å². The van der Waals surface area contributed by atoms with E-state index in [-0.39, 0.29) is 17.0 Å². The van der Waals surface area contributed by atoms with E-state index >= 15 is 0 Å². The van der Waals surface area contributed by atoms with Gasteiger partial charge in [-0.25, -0.2) is 4.39 Å².